The van der Waals surface area contributed by atoms with Gasteiger partial charge in [-0.2, -0.15) is 0 Å². The van der Waals surface area contributed by atoms with Gasteiger partial charge in [-0.15, -0.1) is 0 Å². The molecule has 122 valence electrons. The van der Waals surface area contributed by atoms with Crippen LogP contribution in [0, 0.1) is 0 Å². The van der Waals surface area contributed by atoms with Crippen molar-refractivity contribution < 1.29 is 4.79 Å². The SMILES string of the molecule is CCCNc1cnc(C(=O)N(Cc2ccccc2)C(C)C)cn1. The number of carbonyl (C=O) groups excluding carboxylic acids is 1. The Balaban J connectivity index is 2.11. The zero-order valence-electron chi connectivity index (χ0n) is 14.0. The van der Waals surface area contributed by atoms with Crippen molar-refractivity contribution in [1.29, 1.82) is 0 Å². The van der Waals surface area contributed by atoms with Gasteiger partial charge >= 0.3 is 0 Å². The Morgan fingerprint density at radius 3 is 2.48 bits per heavy atom. The lowest BCUT2D eigenvalue weighted by molar-refractivity contribution is 0.0684. The number of carbonyl (C=O) groups is 1. The molecule has 0 atom stereocenters. The lowest BCUT2D eigenvalue weighted by atomic mass is 10.2. The first-order valence-corrected chi connectivity index (χ1v) is 8.02. The molecule has 0 spiro atoms. The molecule has 1 aromatic carbocycles. The third-order valence-corrected chi connectivity index (χ3v) is 3.51. The van der Waals surface area contributed by atoms with Crippen LogP contribution in [0.4, 0.5) is 5.82 Å². The molecule has 23 heavy (non-hydrogen) atoms. The summed E-state index contributed by atoms with van der Waals surface area (Å²) in [6.07, 6.45) is 4.17. The zero-order valence-corrected chi connectivity index (χ0v) is 14.0. The van der Waals surface area contributed by atoms with Crippen LogP contribution in [0.5, 0.6) is 0 Å². The van der Waals surface area contributed by atoms with E-state index in [9.17, 15) is 4.79 Å². The van der Waals surface area contributed by atoms with Crippen molar-refractivity contribution in [2.24, 2.45) is 0 Å². The maximum Gasteiger partial charge on any atom is 0.274 e. The summed E-state index contributed by atoms with van der Waals surface area (Å²) >= 11 is 0. The quantitative estimate of drug-likeness (QED) is 0.852. The fourth-order valence-corrected chi connectivity index (χ4v) is 2.20. The van der Waals surface area contributed by atoms with Crippen LogP contribution in [-0.2, 0) is 6.54 Å². The van der Waals surface area contributed by atoms with Gasteiger partial charge in [0.25, 0.3) is 5.91 Å². The van der Waals surface area contributed by atoms with Crippen molar-refractivity contribution in [3.8, 4) is 0 Å². The Morgan fingerprint density at radius 2 is 1.91 bits per heavy atom. The second-order valence-electron chi connectivity index (χ2n) is 5.73. The number of amides is 1. The molecule has 0 aliphatic heterocycles. The molecular formula is C18H24N4O. The molecule has 5 heteroatoms. The number of benzene rings is 1. The van der Waals surface area contributed by atoms with E-state index in [4.69, 9.17) is 0 Å². The van der Waals surface area contributed by atoms with E-state index in [0.29, 0.717) is 18.1 Å². The molecular weight excluding hydrogens is 288 g/mol. The number of aromatic nitrogens is 2. The molecule has 2 rings (SSSR count). The maximum atomic E-state index is 12.7. The molecule has 1 amide bonds. The van der Waals surface area contributed by atoms with Gasteiger partial charge in [-0.05, 0) is 25.8 Å². The number of anilines is 1. The second-order valence-corrected chi connectivity index (χ2v) is 5.73. The van der Waals surface area contributed by atoms with Crippen molar-refractivity contribution in [1.82, 2.24) is 14.9 Å². The number of hydrogen-bond acceptors (Lipinski definition) is 4. The Hall–Kier alpha value is -2.43. The Morgan fingerprint density at radius 1 is 1.17 bits per heavy atom. The van der Waals surface area contributed by atoms with Gasteiger partial charge in [0.1, 0.15) is 11.5 Å². The molecule has 0 aliphatic carbocycles. The number of nitrogens with zero attached hydrogens (tertiary/aromatic N) is 3. The topological polar surface area (TPSA) is 58.1 Å². The summed E-state index contributed by atoms with van der Waals surface area (Å²) in [7, 11) is 0. The van der Waals surface area contributed by atoms with Crippen molar-refractivity contribution in [3.05, 3.63) is 54.0 Å². The van der Waals surface area contributed by atoms with E-state index in [1.54, 1.807) is 17.3 Å². The van der Waals surface area contributed by atoms with Crippen molar-refractivity contribution in [3.63, 3.8) is 0 Å². The third-order valence-electron chi connectivity index (χ3n) is 3.51. The average Bonchev–Trinajstić information content (AvgIpc) is 2.58. The predicted molar refractivity (Wildman–Crippen MR) is 92.3 cm³/mol. The summed E-state index contributed by atoms with van der Waals surface area (Å²) in [6, 6.07) is 10.1. The highest BCUT2D eigenvalue weighted by Crippen LogP contribution is 2.12. The van der Waals surface area contributed by atoms with Gasteiger partial charge < -0.3 is 10.2 Å². The van der Waals surface area contributed by atoms with Crippen LogP contribution in [0.15, 0.2) is 42.7 Å². The van der Waals surface area contributed by atoms with Crippen molar-refractivity contribution in [2.75, 3.05) is 11.9 Å². The second kappa shape index (κ2) is 8.27. The first kappa shape index (κ1) is 16.9. The van der Waals surface area contributed by atoms with Crippen LogP contribution in [-0.4, -0.2) is 33.4 Å². The first-order valence-electron chi connectivity index (χ1n) is 8.02. The van der Waals surface area contributed by atoms with E-state index >= 15 is 0 Å². The van der Waals surface area contributed by atoms with Crippen LogP contribution in [0.3, 0.4) is 0 Å². The van der Waals surface area contributed by atoms with Gasteiger partial charge in [-0.1, -0.05) is 37.3 Å². The molecule has 1 heterocycles. The zero-order chi connectivity index (χ0) is 16.7. The van der Waals surface area contributed by atoms with Gasteiger partial charge in [0, 0.05) is 19.1 Å². The van der Waals surface area contributed by atoms with Crippen LogP contribution >= 0.6 is 0 Å². The molecule has 1 aromatic heterocycles. The highest BCUT2D eigenvalue weighted by Gasteiger charge is 2.20. The average molecular weight is 312 g/mol. The molecule has 0 saturated carbocycles. The van der Waals surface area contributed by atoms with E-state index in [0.717, 1.165) is 18.5 Å². The monoisotopic (exact) mass is 312 g/mol. The summed E-state index contributed by atoms with van der Waals surface area (Å²) in [5, 5.41) is 3.15. The van der Waals surface area contributed by atoms with E-state index in [1.165, 1.54) is 0 Å². The van der Waals surface area contributed by atoms with Crippen LogP contribution < -0.4 is 5.32 Å². The number of hydrogen-bond donors (Lipinski definition) is 1. The predicted octanol–water partition coefficient (Wildman–Crippen LogP) is 3.35. The highest BCUT2D eigenvalue weighted by atomic mass is 16.2. The lowest BCUT2D eigenvalue weighted by Gasteiger charge is -2.26. The molecule has 0 radical (unpaired) electrons. The van der Waals surface area contributed by atoms with Gasteiger partial charge in [0.05, 0.1) is 12.4 Å². The van der Waals surface area contributed by atoms with Crippen LogP contribution in [0.1, 0.15) is 43.2 Å². The number of rotatable bonds is 7. The van der Waals surface area contributed by atoms with Crippen LogP contribution in [0.2, 0.25) is 0 Å². The summed E-state index contributed by atoms with van der Waals surface area (Å²) in [5.74, 6) is 0.598. The molecule has 1 N–H and O–H groups in total. The largest absolute Gasteiger partial charge is 0.369 e. The van der Waals surface area contributed by atoms with E-state index in [2.05, 4.69) is 22.2 Å². The minimum Gasteiger partial charge on any atom is -0.369 e. The van der Waals surface area contributed by atoms with E-state index in [-0.39, 0.29) is 11.9 Å². The molecule has 2 aromatic rings. The first-order chi connectivity index (χ1) is 11.1. The molecule has 0 unspecified atom stereocenters. The smallest absolute Gasteiger partial charge is 0.274 e. The third kappa shape index (κ3) is 4.77. The summed E-state index contributed by atoms with van der Waals surface area (Å²) in [6.45, 7) is 7.50. The van der Waals surface area contributed by atoms with Crippen molar-refractivity contribution >= 4 is 11.7 Å². The van der Waals surface area contributed by atoms with Gasteiger partial charge in [0.2, 0.25) is 0 Å². The standard InChI is InChI=1S/C18H24N4O/c1-4-10-19-17-12-20-16(11-21-17)18(23)22(14(2)3)13-15-8-6-5-7-9-15/h5-9,11-12,14H,4,10,13H2,1-3H3,(H,19,21). The normalized spacial score (nSPS) is 10.6. The van der Waals surface area contributed by atoms with Gasteiger partial charge in [-0.25, -0.2) is 9.97 Å². The summed E-state index contributed by atoms with van der Waals surface area (Å²) in [4.78, 5) is 23.0. The summed E-state index contributed by atoms with van der Waals surface area (Å²) < 4.78 is 0. The lowest BCUT2D eigenvalue weighted by Crippen LogP contribution is -2.36. The molecule has 0 fully saturated rings. The molecule has 0 aliphatic rings. The Labute approximate surface area is 137 Å². The summed E-state index contributed by atoms with van der Waals surface area (Å²) in [5.41, 5.74) is 1.47. The van der Waals surface area contributed by atoms with E-state index < -0.39 is 0 Å². The highest BCUT2D eigenvalue weighted by molar-refractivity contribution is 5.92. The van der Waals surface area contributed by atoms with Gasteiger partial charge in [0.15, 0.2) is 0 Å². The van der Waals surface area contributed by atoms with Crippen molar-refractivity contribution in [2.45, 2.75) is 39.8 Å². The maximum absolute atomic E-state index is 12.7. The molecule has 0 bridgehead atoms. The molecule has 5 nitrogen and oxygen atoms in total. The number of nitrogens with one attached hydrogen (secondary N) is 1. The minimum absolute atomic E-state index is 0.0856. The Kier molecular flexibility index (Phi) is 6.09. The Bertz CT molecular complexity index is 611. The fraction of sp³-hybridized carbons (Fsp3) is 0.389. The van der Waals surface area contributed by atoms with E-state index in [1.807, 2.05) is 44.2 Å². The van der Waals surface area contributed by atoms with Gasteiger partial charge in [-0.3, -0.25) is 4.79 Å². The minimum atomic E-state index is -0.0987. The van der Waals surface area contributed by atoms with Crippen LogP contribution in [0.25, 0.3) is 0 Å². The fourth-order valence-electron chi connectivity index (χ4n) is 2.20. The molecule has 0 saturated heterocycles.